The molecule has 0 aliphatic carbocycles. The first-order valence-corrected chi connectivity index (χ1v) is 13.4. The normalized spacial score (nSPS) is 23.5. The number of benzene rings is 2. The minimum atomic E-state index is -4.66. The molecule has 11 heteroatoms. The van der Waals surface area contributed by atoms with Gasteiger partial charge in [0.05, 0.1) is 36.2 Å². The molecule has 218 valence electrons. The average Bonchev–Trinajstić information content (AvgIpc) is 3.20. The van der Waals surface area contributed by atoms with Crippen LogP contribution in [0.3, 0.4) is 0 Å². The molecule has 2 aromatic carbocycles. The molecule has 0 saturated carbocycles. The predicted octanol–water partition coefficient (Wildman–Crippen LogP) is 4.93. The van der Waals surface area contributed by atoms with Gasteiger partial charge in [0.25, 0.3) is 0 Å². The Morgan fingerprint density at radius 2 is 1.85 bits per heavy atom. The second-order valence-corrected chi connectivity index (χ2v) is 10.8. The lowest BCUT2D eigenvalue weighted by Gasteiger charge is -2.38. The summed E-state index contributed by atoms with van der Waals surface area (Å²) in [5, 5.41) is 16.0. The Bertz CT molecular complexity index is 1220. The summed E-state index contributed by atoms with van der Waals surface area (Å²) in [6.45, 7) is 8.71. The number of hydrogen-bond acceptors (Lipinski definition) is 7. The van der Waals surface area contributed by atoms with Gasteiger partial charge in [0, 0.05) is 37.5 Å². The highest BCUT2D eigenvalue weighted by atomic mass is 19.4. The Balaban J connectivity index is 1.37. The van der Waals surface area contributed by atoms with Gasteiger partial charge in [0.2, 0.25) is 0 Å². The second-order valence-electron chi connectivity index (χ2n) is 10.8. The van der Waals surface area contributed by atoms with Crippen LogP contribution in [0.15, 0.2) is 47.6 Å². The van der Waals surface area contributed by atoms with Gasteiger partial charge in [0.15, 0.2) is 0 Å². The fourth-order valence-corrected chi connectivity index (χ4v) is 5.29. The summed E-state index contributed by atoms with van der Waals surface area (Å²) in [4.78, 5) is 13.2. The molecule has 4 rings (SSSR count). The SMILES string of the molecule is CC(C)Oc1ccc(F)c(N2CCC(OCc3ccc(N4N=C(C(F)(F)F)[C@@H](C)[C@@H]4CC(=O)[O-])cc3)C(C)C2)c1. The highest BCUT2D eigenvalue weighted by Gasteiger charge is 2.48. The quantitative estimate of drug-likeness (QED) is 0.402. The first kappa shape index (κ1) is 29.6. The zero-order valence-electron chi connectivity index (χ0n) is 23.0. The number of aliphatic carboxylic acids is 1. The van der Waals surface area contributed by atoms with Crippen LogP contribution < -0.4 is 19.8 Å². The number of hydrazone groups is 1. The zero-order valence-corrected chi connectivity index (χ0v) is 23.0. The maximum absolute atomic E-state index is 14.6. The monoisotopic (exact) mass is 564 g/mol. The van der Waals surface area contributed by atoms with E-state index in [9.17, 15) is 27.5 Å². The summed E-state index contributed by atoms with van der Waals surface area (Å²) >= 11 is 0. The lowest BCUT2D eigenvalue weighted by Crippen LogP contribution is -2.43. The number of nitrogens with zero attached hydrogens (tertiary/aromatic N) is 3. The predicted molar refractivity (Wildman–Crippen MR) is 142 cm³/mol. The Hall–Kier alpha value is -3.34. The molecular weight excluding hydrogens is 530 g/mol. The van der Waals surface area contributed by atoms with Gasteiger partial charge in [-0.1, -0.05) is 26.0 Å². The van der Waals surface area contributed by atoms with E-state index in [2.05, 4.69) is 12.0 Å². The number of alkyl halides is 3. The highest BCUT2D eigenvalue weighted by molar-refractivity contribution is 5.95. The van der Waals surface area contributed by atoms with E-state index in [1.165, 1.54) is 13.0 Å². The van der Waals surface area contributed by atoms with Crippen LogP contribution >= 0.6 is 0 Å². The molecule has 0 spiro atoms. The number of halogens is 4. The number of carbonyl (C=O) groups excluding carboxylic acids is 1. The van der Waals surface area contributed by atoms with Gasteiger partial charge >= 0.3 is 6.18 Å². The van der Waals surface area contributed by atoms with E-state index < -0.39 is 36.2 Å². The van der Waals surface area contributed by atoms with Crippen LogP contribution in [-0.2, 0) is 16.1 Å². The highest BCUT2D eigenvalue weighted by Crippen LogP contribution is 2.36. The molecular formula is C29H34F4N3O4-. The Labute approximate surface area is 231 Å². The van der Waals surface area contributed by atoms with E-state index in [-0.39, 0.29) is 30.5 Å². The van der Waals surface area contributed by atoms with Crippen molar-refractivity contribution in [3.63, 3.8) is 0 Å². The molecule has 40 heavy (non-hydrogen) atoms. The Kier molecular flexibility index (Phi) is 8.92. The molecule has 2 aliphatic heterocycles. The van der Waals surface area contributed by atoms with Crippen LogP contribution in [0.5, 0.6) is 5.75 Å². The second kappa shape index (κ2) is 12.0. The Morgan fingerprint density at radius 1 is 1.15 bits per heavy atom. The van der Waals surface area contributed by atoms with Crippen molar-refractivity contribution in [3.8, 4) is 5.75 Å². The summed E-state index contributed by atoms with van der Waals surface area (Å²) < 4.78 is 66.7. The zero-order chi connectivity index (χ0) is 29.2. The number of carboxylic acids is 1. The largest absolute Gasteiger partial charge is 0.550 e. The molecule has 7 nitrogen and oxygen atoms in total. The van der Waals surface area contributed by atoms with Gasteiger partial charge in [-0.15, -0.1) is 0 Å². The number of hydrogen-bond donors (Lipinski definition) is 0. The maximum atomic E-state index is 14.6. The van der Waals surface area contributed by atoms with E-state index >= 15 is 0 Å². The van der Waals surface area contributed by atoms with Gasteiger partial charge in [-0.3, -0.25) is 5.01 Å². The molecule has 2 heterocycles. The molecule has 2 unspecified atom stereocenters. The molecule has 4 atom stereocenters. The molecule has 0 N–H and O–H groups in total. The van der Waals surface area contributed by atoms with Crippen molar-refractivity contribution in [3.05, 3.63) is 53.8 Å². The van der Waals surface area contributed by atoms with Gasteiger partial charge in [-0.05, 0) is 56.0 Å². The van der Waals surface area contributed by atoms with Crippen LogP contribution in [0.25, 0.3) is 0 Å². The topological polar surface area (TPSA) is 77.4 Å². The number of piperidine rings is 1. The van der Waals surface area contributed by atoms with Crippen molar-refractivity contribution < 1.29 is 36.9 Å². The van der Waals surface area contributed by atoms with Crippen LogP contribution in [0.1, 0.15) is 46.1 Å². The fourth-order valence-electron chi connectivity index (χ4n) is 5.29. The number of carbonyl (C=O) groups is 1. The molecule has 2 aliphatic rings. The van der Waals surface area contributed by atoms with E-state index in [1.807, 2.05) is 18.7 Å². The number of rotatable bonds is 9. The van der Waals surface area contributed by atoms with Crippen LogP contribution in [0.2, 0.25) is 0 Å². The molecule has 1 fully saturated rings. The van der Waals surface area contributed by atoms with Gasteiger partial charge < -0.3 is 24.3 Å². The van der Waals surface area contributed by atoms with Crippen LogP contribution in [0, 0.1) is 17.7 Å². The fraction of sp³-hybridized carbons (Fsp3) is 0.517. The van der Waals surface area contributed by atoms with Crippen molar-refractivity contribution in [1.82, 2.24) is 0 Å². The standard InChI is InChI=1S/C29H35F4N3O4/c1-17(2)40-22-9-10-23(30)25(13-22)35-12-11-26(18(3)15-35)39-16-20-5-7-21(8-6-20)36-24(14-27(37)38)19(4)28(34-36)29(31,32)33/h5-10,13,17-19,24,26H,11-12,14-16H2,1-4H3,(H,37,38)/p-1/t18?,19-,24-,26?/m0/s1. The maximum Gasteiger partial charge on any atom is 0.431 e. The smallest absolute Gasteiger partial charge is 0.431 e. The number of anilines is 2. The number of ether oxygens (including phenoxy) is 2. The van der Waals surface area contributed by atoms with E-state index in [1.54, 1.807) is 36.4 Å². The third-order valence-electron chi connectivity index (χ3n) is 7.33. The van der Waals surface area contributed by atoms with E-state index in [4.69, 9.17) is 9.47 Å². The van der Waals surface area contributed by atoms with Crippen molar-refractivity contribution in [2.24, 2.45) is 16.9 Å². The summed E-state index contributed by atoms with van der Waals surface area (Å²) in [6.07, 6.45) is -4.61. The van der Waals surface area contributed by atoms with Gasteiger partial charge in [-0.25, -0.2) is 4.39 Å². The summed E-state index contributed by atoms with van der Waals surface area (Å²) in [6, 6.07) is 10.4. The van der Waals surface area contributed by atoms with Crippen LogP contribution in [0.4, 0.5) is 28.9 Å². The Morgan fingerprint density at radius 3 is 2.45 bits per heavy atom. The van der Waals surface area contributed by atoms with Crippen LogP contribution in [-0.4, -0.2) is 49.2 Å². The van der Waals surface area contributed by atoms with E-state index in [0.717, 1.165) is 10.6 Å². The molecule has 0 radical (unpaired) electrons. The van der Waals surface area contributed by atoms with Crippen molar-refractivity contribution in [1.29, 1.82) is 0 Å². The average molecular weight is 565 g/mol. The third kappa shape index (κ3) is 6.86. The lowest BCUT2D eigenvalue weighted by molar-refractivity contribution is -0.306. The molecule has 0 bridgehead atoms. The molecule has 1 saturated heterocycles. The summed E-state index contributed by atoms with van der Waals surface area (Å²) in [5.41, 5.74) is 0.661. The van der Waals surface area contributed by atoms with Crippen molar-refractivity contribution >= 4 is 23.1 Å². The first-order valence-electron chi connectivity index (χ1n) is 13.4. The molecule has 2 aromatic rings. The van der Waals surface area contributed by atoms with Crippen molar-refractivity contribution in [2.45, 2.75) is 71.6 Å². The summed E-state index contributed by atoms with van der Waals surface area (Å²) in [5.74, 6) is -2.12. The summed E-state index contributed by atoms with van der Waals surface area (Å²) in [7, 11) is 0. The number of carboxylic acid groups (broad SMARTS) is 1. The lowest BCUT2D eigenvalue weighted by atomic mass is 9.94. The first-order chi connectivity index (χ1) is 18.8. The third-order valence-corrected chi connectivity index (χ3v) is 7.33. The minimum absolute atomic E-state index is 0.0158. The van der Waals surface area contributed by atoms with Crippen molar-refractivity contribution in [2.75, 3.05) is 23.0 Å². The van der Waals surface area contributed by atoms with E-state index in [0.29, 0.717) is 36.6 Å². The molecule has 0 aromatic heterocycles. The van der Waals surface area contributed by atoms with Gasteiger partial charge in [-0.2, -0.15) is 18.3 Å². The minimum Gasteiger partial charge on any atom is -0.550 e. The van der Waals surface area contributed by atoms with Gasteiger partial charge in [0.1, 0.15) is 17.3 Å². The molecule has 0 amide bonds.